The summed E-state index contributed by atoms with van der Waals surface area (Å²) in [5, 5.41) is 2.44. The molecule has 1 rings (SSSR count). The van der Waals surface area contributed by atoms with Crippen molar-refractivity contribution in [1.82, 2.24) is 10.2 Å². The van der Waals surface area contributed by atoms with Gasteiger partial charge in [0, 0.05) is 26.1 Å². The van der Waals surface area contributed by atoms with Gasteiger partial charge in [-0.3, -0.25) is 9.59 Å². The first kappa shape index (κ1) is 8.99. The largest absolute Gasteiger partial charge is 0.347 e. The normalized spacial score (nSPS) is 17.0. The van der Waals surface area contributed by atoms with E-state index in [-0.39, 0.29) is 24.4 Å². The molecule has 1 aliphatic heterocycles. The minimum Gasteiger partial charge on any atom is -0.347 e. The Morgan fingerprint density at radius 3 is 2.58 bits per heavy atom. The molecule has 0 saturated carbocycles. The molecule has 68 valence electrons. The summed E-state index contributed by atoms with van der Waals surface area (Å²) in [6.45, 7) is 2.69. The Bertz CT molecular complexity index is 199. The summed E-state index contributed by atoms with van der Waals surface area (Å²) >= 11 is 0. The van der Waals surface area contributed by atoms with Crippen molar-refractivity contribution in [3.63, 3.8) is 0 Å². The summed E-state index contributed by atoms with van der Waals surface area (Å²) < 4.78 is 0. The van der Waals surface area contributed by atoms with E-state index in [1.54, 1.807) is 4.90 Å². The van der Waals surface area contributed by atoms with Crippen LogP contribution in [-0.2, 0) is 9.59 Å². The predicted molar refractivity (Wildman–Crippen MR) is 43.2 cm³/mol. The number of hydrogen-bond acceptors (Lipinski definition) is 3. The van der Waals surface area contributed by atoms with Gasteiger partial charge in [0.05, 0.1) is 6.54 Å². The molecule has 0 aromatic carbocycles. The van der Waals surface area contributed by atoms with Crippen LogP contribution in [0.4, 0.5) is 0 Å². The van der Waals surface area contributed by atoms with Gasteiger partial charge in [-0.25, -0.2) is 0 Å². The molecule has 12 heavy (non-hydrogen) atoms. The van der Waals surface area contributed by atoms with E-state index < -0.39 is 0 Å². The van der Waals surface area contributed by atoms with Crippen LogP contribution in [0.15, 0.2) is 0 Å². The van der Waals surface area contributed by atoms with Crippen molar-refractivity contribution in [3.05, 3.63) is 0 Å². The van der Waals surface area contributed by atoms with Gasteiger partial charge < -0.3 is 16.0 Å². The van der Waals surface area contributed by atoms with Crippen LogP contribution in [0.1, 0.15) is 6.92 Å². The zero-order chi connectivity index (χ0) is 9.14. The zero-order valence-electron chi connectivity index (χ0n) is 7.04. The standard InChI is InChI=1S/C7H13N3O2/c1-5(11)9-2-7(12)10-3-6(8)4-10/h6H,2-4,8H2,1H3,(H,9,11). The van der Waals surface area contributed by atoms with Crippen LogP contribution >= 0.6 is 0 Å². The predicted octanol–water partition coefficient (Wildman–Crippen LogP) is -1.71. The number of hydrogen-bond donors (Lipinski definition) is 2. The Hall–Kier alpha value is -1.10. The Kier molecular flexibility index (Phi) is 2.65. The molecule has 1 saturated heterocycles. The lowest BCUT2D eigenvalue weighted by Crippen LogP contribution is -2.59. The Balaban J connectivity index is 2.17. The molecule has 5 heteroatoms. The Morgan fingerprint density at radius 1 is 1.58 bits per heavy atom. The number of amides is 2. The number of carbonyl (C=O) groups excluding carboxylic acids is 2. The first-order chi connectivity index (χ1) is 5.59. The molecule has 3 N–H and O–H groups in total. The van der Waals surface area contributed by atoms with E-state index in [0.29, 0.717) is 13.1 Å². The van der Waals surface area contributed by atoms with E-state index in [4.69, 9.17) is 5.73 Å². The second kappa shape index (κ2) is 3.53. The van der Waals surface area contributed by atoms with Crippen LogP contribution in [0.3, 0.4) is 0 Å². The van der Waals surface area contributed by atoms with E-state index in [0.717, 1.165) is 0 Å². The third-order valence-electron chi connectivity index (χ3n) is 1.75. The average Bonchev–Trinajstić information content (AvgIpc) is 1.94. The summed E-state index contributed by atoms with van der Waals surface area (Å²) in [6, 6.07) is 0.117. The molecule has 0 aromatic heterocycles. The van der Waals surface area contributed by atoms with Crippen molar-refractivity contribution in [2.75, 3.05) is 19.6 Å². The zero-order valence-corrected chi connectivity index (χ0v) is 7.04. The molecule has 0 atom stereocenters. The van der Waals surface area contributed by atoms with E-state index >= 15 is 0 Å². The van der Waals surface area contributed by atoms with E-state index in [2.05, 4.69) is 5.32 Å². The minimum atomic E-state index is -0.187. The highest BCUT2D eigenvalue weighted by molar-refractivity contribution is 5.84. The molecule has 0 aromatic rings. The van der Waals surface area contributed by atoms with Gasteiger partial charge in [-0.05, 0) is 0 Å². The summed E-state index contributed by atoms with van der Waals surface area (Å²) in [5.74, 6) is -0.250. The average molecular weight is 171 g/mol. The summed E-state index contributed by atoms with van der Waals surface area (Å²) in [7, 11) is 0. The molecule has 0 spiro atoms. The fourth-order valence-electron chi connectivity index (χ4n) is 1.03. The first-order valence-electron chi connectivity index (χ1n) is 3.87. The molecular weight excluding hydrogens is 158 g/mol. The van der Waals surface area contributed by atoms with Crippen LogP contribution in [0.2, 0.25) is 0 Å². The van der Waals surface area contributed by atoms with Crippen LogP contribution in [0.5, 0.6) is 0 Å². The molecule has 1 aliphatic rings. The van der Waals surface area contributed by atoms with Crippen molar-refractivity contribution in [2.24, 2.45) is 5.73 Å². The number of nitrogens with one attached hydrogen (secondary N) is 1. The third kappa shape index (κ3) is 2.20. The molecule has 0 aliphatic carbocycles. The van der Waals surface area contributed by atoms with Crippen LogP contribution in [-0.4, -0.2) is 42.4 Å². The molecule has 2 amide bonds. The number of nitrogens with two attached hydrogens (primary N) is 1. The fraction of sp³-hybridized carbons (Fsp3) is 0.714. The highest BCUT2D eigenvalue weighted by atomic mass is 16.2. The first-order valence-corrected chi connectivity index (χ1v) is 3.87. The molecule has 0 unspecified atom stereocenters. The lowest BCUT2D eigenvalue weighted by molar-refractivity contribution is -0.136. The number of likely N-dealkylation sites (tertiary alicyclic amines) is 1. The van der Waals surface area contributed by atoms with E-state index in [1.807, 2.05) is 0 Å². The lowest BCUT2D eigenvalue weighted by Gasteiger charge is -2.36. The summed E-state index contributed by atoms with van der Waals surface area (Å²) in [4.78, 5) is 23.2. The maximum absolute atomic E-state index is 11.1. The SMILES string of the molecule is CC(=O)NCC(=O)N1CC(N)C1. The quantitative estimate of drug-likeness (QED) is 0.519. The van der Waals surface area contributed by atoms with Gasteiger partial charge in [0.1, 0.15) is 0 Å². The van der Waals surface area contributed by atoms with Gasteiger partial charge in [-0.2, -0.15) is 0 Å². The van der Waals surface area contributed by atoms with Crippen molar-refractivity contribution in [3.8, 4) is 0 Å². The van der Waals surface area contributed by atoms with Crippen molar-refractivity contribution >= 4 is 11.8 Å². The Morgan fingerprint density at radius 2 is 2.17 bits per heavy atom. The molecule has 5 nitrogen and oxygen atoms in total. The van der Waals surface area contributed by atoms with Gasteiger partial charge in [0.25, 0.3) is 0 Å². The van der Waals surface area contributed by atoms with Crippen molar-refractivity contribution in [1.29, 1.82) is 0 Å². The summed E-state index contributed by atoms with van der Waals surface area (Å²) in [5.41, 5.74) is 5.48. The second-order valence-corrected chi connectivity index (χ2v) is 2.97. The highest BCUT2D eigenvalue weighted by Crippen LogP contribution is 2.03. The van der Waals surface area contributed by atoms with E-state index in [9.17, 15) is 9.59 Å². The highest BCUT2D eigenvalue weighted by Gasteiger charge is 2.26. The number of rotatable bonds is 2. The number of nitrogens with zero attached hydrogens (tertiary/aromatic N) is 1. The summed E-state index contributed by atoms with van der Waals surface area (Å²) in [6.07, 6.45) is 0. The smallest absolute Gasteiger partial charge is 0.242 e. The third-order valence-corrected chi connectivity index (χ3v) is 1.75. The molecule has 0 bridgehead atoms. The topological polar surface area (TPSA) is 75.4 Å². The fourth-order valence-corrected chi connectivity index (χ4v) is 1.03. The molecule has 1 heterocycles. The molecular formula is C7H13N3O2. The monoisotopic (exact) mass is 171 g/mol. The van der Waals surface area contributed by atoms with Gasteiger partial charge >= 0.3 is 0 Å². The van der Waals surface area contributed by atoms with Gasteiger partial charge in [-0.15, -0.1) is 0 Å². The maximum atomic E-state index is 11.1. The molecule has 0 radical (unpaired) electrons. The number of carbonyl (C=O) groups is 2. The molecule has 1 fully saturated rings. The maximum Gasteiger partial charge on any atom is 0.242 e. The van der Waals surface area contributed by atoms with E-state index in [1.165, 1.54) is 6.92 Å². The Labute approximate surface area is 70.9 Å². The van der Waals surface area contributed by atoms with Gasteiger partial charge in [0.2, 0.25) is 11.8 Å². The minimum absolute atomic E-state index is 0.0631. The van der Waals surface area contributed by atoms with Crippen molar-refractivity contribution < 1.29 is 9.59 Å². The van der Waals surface area contributed by atoms with Gasteiger partial charge in [-0.1, -0.05) is 0 Å². The van der Waals surface area contributed by atoms with Gasteiger partial charge in [0.15, 0.2) is 0 Å². The van der Waals surface area contributed by atoms with Crippen LogP contribution in [0, 0.1) is 0 Å². The van der Waals surface area contributed by atoms with Crippen molar-refractivity contribution in [2.45, 2.75) is 13.0 Å². The van der Waals surface area contributed by atoms with Crippen LogP contribution < -0.4 is 11.1 Å². The second-order valence-electron chi connectivity index (χ2n) is 2.97. The lowest BCUT2D eigenvalue weighted by atomic mass is 10.1. The van der Waals surface area contributed by atoms with Crippen LogP contribution in [0.25, 0.3) is 0 Å².